The summed E-state index contributed by atoms with van der Waals surface area (Å²) in [5.74, 6) is 0.742. The summed E-state index contributed by atoms with van der Waals surface area (Å²) in [6.45, 7) is 0. The van der Waals surface area contributed by atoms with Crippen LogP contribution in [0.15, 0.2) is 36.4 Å². The van der Waals surface area contributed by atoms with E-state index in [9.17, 15) is 0 Å². The Balaban J connectivity index is 2.67. The second-order valence-electron chi connectivity index (χ2n) is 3.87. The van der Waals surface area contributed by atoms with Gasteiger partial charge in [-0.1, -0.05) is 30.3 Å². The third-order valence-electron chi connectivity index (χ3n) is 2.83. The zero-order valence-corrected chi connectivity index (χ0v) is 9.68. The fourth-order valence-corrected chi connectivity index (χ4v) is 2.04. The SMILES string of the molecule is COc1ccc2ccccc2c1[C@H](N)CC#N. The van der Waals surface area contributed by atoms with Gasteiger partial charge in [-0.3, -0.25) is 0 Å². The van der Waals surface area contributed by atoms with Crippen molar-refractivity contribution in [1.82, 2.24) is 0 Å². The van der Waals surface area contributed by atoms with E-state index in [2.05, 4.69) is 6.07 Å². The average molecular weight is 226 g/mol. The first-order valence-electron chi connectivity index (χ1n) is 5.46. The number of hydrogen-bond donors (Lipinski definition) is 1. The Morgan fingerprint density at radius 2 is 2.06 bits per heavy atom. The van der Waals surface area contributed by atoms with Crippen LogP contribution in [0.3, 0.4) is 0 Å². The molecule has 0 unspecified atom stereocenters. The Kier molecular flexibility index (Phi) is 3.27. The number of hydrogen-bond acceptors (Lipinski definition) is 3. The summed E-state index contributed by atoms with van der Waals surface area (Å²) in [6.07, 6.45) is 0.282. The molecule has 0 amide bonds. The van der Waals surface area contributed by atoms with Crippen LogP contribution in [0.1, 0.15) is 18.0 Å². The molecule has 86 valence electrons. The van der Waals surface area contributed by atoms with Crippen LogP contribution in [-0.2, 0) is 0 Å². The molecule has 0 fully saturated rings. The van der Waals surface area contributed by atoms with Gasteiger partial charge in [0.2, 0.25) is 0 Å². The number of nitrogens with two attached hydrogens (primary N) is 1. The number of nitrogens with zero attached hydrogens (tertiary/aromatic N) is 1. The van der Waals surface area contributed by atoms with Gasteiger partial charge in [-0.05, 0) is 16.8 Å². The van der Waals surface area contributed by atoms with Gasteiger partial charge < -0.3 is 10.5 Å². The molecule has 3 nitrogen and oxygen atoms in total. The van der Waals surface area contributed by atoms with E-state index in [0.717, 1.165) is 22.1 Å². The van der Waals surface area contributed by atoms with Gasteiger partial charge in [-0.2, -0.15) is 5.26 Å². The Bertz CT molecular complexity index is 572. The van der Waals surface area contributed by atoms with Gasteiger partial charge in [0, 0.05) is 11.6 Å². The van der Waals surface area contributed by atoms with Crippen molar-refractivity contribution in [2.75, 3.05) is 7.11 Å². The Labute approximate surface area is 100 Å². The molecule has 0 aliphatic carbocycles. The van der Waals surface area contributed by atoms with E-state index >= 15 is 0 Å². The van der Waals surface area contributed by atoms with Gasteiger partial charge >= 0.3 is 0 Å². The lowest BCUT2D eigenvalue weighted by Gasteiger charge is -2.16. The van der Waals surface area contributed by atoms with Gasteiger partial charge in [0.15, 0.2) is 0 Å². The molecule has 0 bridgehead atoms. The minimum atomic E-state index is -0.318. The van der Waals surface area contributed by atoms with Crippen LogP contribution >= 0.6 is 0 Å². The first kappa shape index (κ1) is 11.4. The van der Waals surface area contributed by atoms with Crippen molar-refractivity contribution in [1.29, 1.82) is 5.26 Å². The largest absolute Gasteiger partial charge is 0.496 e. The summed E-state index contributed by atoms with van der Waals surface area (Å²) in [7, 11) is 1.62. The average Bonchev–Trinajstić information content (AvgIpc) is 2.37. The number of methoxy groups -OCH3 is 1. The summed E-state index contributed by atoms with van der Waals surface area (Å²) in [5, 5.41) is 10.9. The van der Waals surface area contributed by atoms with E-state index in [0.29, 0.717) is 0 Å². The summed E-state index contributed by atoms with van der Waals surface area (Å²) in [4.78, 5) is 0. The lowest BCUT2D eigenvalue weighted by molar-refractivity contribution is 0.407. The zero-order chi connectivity index (χ0) is 12.3. The van der Waals surface area contributed by atoms with Crippen LogP contribution in [0.2, 0.25) is 0 Å². The molecule has 17 heavy (non-hydrogen) atoms. The molecule has 1 atom stereocenters. The van der Waals surface area contributed by atoms with E-state index in [1.165, 1.54) is 0 Å². The maximum Gasteiger partial charge on any atom is 0.124 e. The van der Waals surface area contributed by atoms with Crippen molar-refractivity contribution in [3.8, 4) is 11.8 Å². The number of rotatable bonds is 3. The van der Waals surface area contributed by atoms with Gasteiger partial charge in [0.1, 0.15) is 5.75 Å². The van der Waals surface area contributed by atoms with Gasteiger partial charge in [-0.15, -0.1) is 0 Å². The second-order valence-corrected chi connectivity index (χ2v) is 3.87. The normalized spacial score (nSPS) is 12.1. The molecule has 0 radical (unpaired) electrons. The number of benzene rings is 2. The van der Waals surface area contributed by atoms with Crippen molar-refractivity contribution >= 4 is 10.8 Å². The van der Waals surface area contributed by atoms with Crippen LogP contribution < -0.4 is 10.5 Å². The van der Waals surface area contributed by atoms with Gasteiger partial charge in [-0.25, -0.2) is 0 Å². The molecule has 0 aromatic heterocycles. The third kappa shape index (κ3) is 2.08. The molecule has 2 aromatic carbocycles. The third-order valence-corrected chi connectivity index (χ3v) is 2.83. The highest BCUT2D eigenvalue weighted by molar-refractivity contribution is 5.88. The molecule has 0 aliphatic heterocycles. The van der Waals surface area contributed by atoms with E-state index in [4.69, 9.17) is 15.7 Å². The summed E-state index contributed by atoms with van der Waals surface area (Å²) in [5.41, 5.74) is 6.95. The standard InChI is InChI=1S/C14H14N2O/c1-17-13-7-6-10-4-2-3-5-11(10)14(13)12(16)8-9-15/h2-7,12H,8,16H2,1H3/t12-/m1/s1. The first-order chi connectivity index (χ1) is 8.27. The van der Waals surface area contributed by atoms with Crippen molar-refractivity contribution in [3.63, 3.8) is 0 Å². The van der Waals surface area contributed by atoms with Crippen molar-refractivity contribution in [3.05, 3.63) is 42.0 Å². The molecule has 2 N–H and O–H groups in total. The predicted octanol–water partition coefficient (Wildman–Crippen LogP) is 2.76. The summed E-state index contributed by atoms with van der Waals surface area (Å²) >= 11 is 0. The maximum atomic E-state index is 8.76. The van der Waals surface area contributed by atoms with Crippen LogP contribution in [0.5, 0.6) is 5.75 Å². The molecular weight excluding hydrogens is 212 g/mol. The van der Waals surface area contributed by atoms with E-state index in [-0.39, 0.29) is 12.5 Å². The predicted molar refractivity (Wildman–Crippen MR) is 67.7 cm³/mol. The lowest BCUT2D eigenvalue weighted by Crippen LogP contribution is -2.11. The van der Waals surface area contributed by atoms with Crippen LogP contribution in [0.25, 0.3) is 10.8 Å². The molecule has 0 saturated carbocycles. The lowest BCUT2D eigenvalue weighted by atomic mass is 9.96. The monoisotopic (exact) mass is 226 g/mol. The van der Waals surface area contributed by atoms with Crippen molar-refractivity contribution in [2.45, 2.75) is 12.5 Å². The van der Waals surface area contributed by atoms with E-state index < -0.39 is 0 Å². The van der Waals surface area contributed by atoms with Gasteiger partial charge in [0.05, 0.1) is 19.6 Å². The highest BCUT2D eigenvalue weighted by atomic mass is 16.5. The smallest absolute Gasteiger partial charge is 0.124 e. The molecular formula is C14H14N2O. The highest BCUT2D eigenvalue weighted by Crippen LogP contribution is 2.33. The molecule has 0 aliphatic rings. The molecule has 2 rings (SSSR count). The number of fused-ring (bicyclic) bond motifs is 1. The molecule has 0 spiro atoms. The van der Waals surface area contributed by atoms with Crippen molar-refractivity contribution < 1.29 is 4.74 Å². The number of nitriles is 1. The van der Waals surface area contributed by atoms with Crippen LogP contribution in [0.4, 0.5) is 0 Å². The second kappa shape index (κ2) is 4.86. The van der Waals surface area contributed by atoms with Crippen LogP contribution in [-0.4, -0.2) is 7.11 Å². The van der Waals surface area contributed by atoms with Crippen molar-refractivity contribution in [2.24, 2.45) is 5.73 Å². The Morgan fingerprint density at radius 1 is 1.29 bits per heavy atom. The fraction of sp³-hybridized carbons (Fsp3) is 0.214. The van der Waals surface area contributed by atoms with E-state index in [1.54, 1.807) is 7.11 Å². The summed E-state index contributed by atoms with van der Waals surface area (Å²) in [6, 6.07) is 13.7. The minimum absolute atomic E-state index is 0.282. The quantitative estimate of drug-likeness (QED) is 0.875. The first-order valence-corrected chi connectivity index (χ1v) is 5.46. The molecule has 0 heterocycles. The maximum absolute atomic E-state index is 8.76. The Morgan fingerprint density at radius 3 is 2.76 bits per heavy atom. The topological polar surface area (TPSA) is 59.0 Å². The van der Waals surface area contributed by atoms with Crippen LogP contribution in [0, 0.1) is 11.3 Å². The molecule has 3 heteroatoms. The van der Waals surface area contributed by atoms with E-state index in [1.807, 2.05) is 36.4 Å². The Hall–Kier alpha value is -2.05. The zero-order valence-electron chi connectivity index (χ0n) is 9.68. The molecule has 0 saturated heterocycles. The highest BCUT2D eigenvalue weighted by Gasteiger charge is 2.15. The minimum Gasteiger partial charge on any atom is -0.496 e. The van der Waals surface area contributed by atoms with Gasteiger partial charge in [0.25, 0.3) is 0 Å². The fourth-order valence-electron chi connectivity index (χ4n) is 2.04. The summed E-state index contributed by atoms with van der Waals surface area (Å²) < 4.78 is 5.33. The number of ether oxygens (including phenoxy) is 1. The molecule has 2 aromatic rings.